The lowest BCUT2D eigenvalue weighted by molar-refractivity contribution is 0.418. The van der Waals surface area contributed by atoms with Gasteiger partial charge in [-0.2, -0.15) is 0 Å². The maximum absolute atomic E-state index is 6.26. The van der Waals surface area contributed by atoms with E-state index < -0.39 is 9.04 Å². The third-order valence-electron chi connectivity index (χ3n) is 4.12. The fourth-order valence-electron chi connectivity index (χ4n) is 2.66. The topological polar surface area (TPSA) is 12.5 Å². The van der Waals surface area contributed by atoms with E-state index in [1.165, 1.54) is 5.56 Å². The summed E-state index contributed by atoms with van der Waals surface area (Å²) in [6.07, 6.45) is 4.05. The van der Waals surface area contributed by atoms with Crippen LogP contribution in [0.1, 0.15) is 52.7 Å². The highest BCUT2D eigenvalue weighted by atomic mass is 28.3. The van der Waals surface area contributed by atoms with Gasteiger partial charge >= 0.3 is 0 Å². The average Bonchev–Trinajstić information content (AvgIpc) is 2.51. The Labute approximate surface area is 175 Å². The summed E-state index contributed by atoms with van der Waals surface area (Å²) in [6, 6.07) is 6.58. The number of nitrogens with zero attached hydrogens (tertiary/aromatic N) is 1. The summed E-state index contributed by atoms with van der Waals surface area (Å²) in [4.78, 5) is 2.24. The fourth-order valence-corrected chi connectivity index (χ4v) is 3.36. The van der Waals surface area contributed by atoms with E-state index in [0.717, 1.165) is 30.0 Å². The molecular formula is C25H39NOSi. The second-order valence-electron chi connectivity index (χ2n) is 9.85. The van der Waals surface area contributed by atoms with Crippen LogP contribution in [0.5, 0.6) is 5.75 Å². The molecule has 0 aromatic heterocycles. The number of hydrogen-bond acceptors (Lipinski definition) is 2. The van der Waals surface area contributed by atoms with Gasteiger partial charge in [0.25, 0.3) is 0 Å². The predicted molar refractivity (Wildman–Crippen MR) is 128 cm³/mol. The lowest BCUT2D eigenvalue weighted by Gasteiger charge is -2.24. The van der Waals surface area contributed by atoms with Gasteiger partial charge in [0.1, 0.15) is 5.75 Å². The highest BCUT2D eigenvalue weighted by Gasteiger charge is 2.18. The van der Waals surface area contributed by atoms with E-state index in [2.05, 4.69) is 109 Å². The first-order valence-electron chi connectivity index (χ1n) is 10.1. The number of hydrogen-bond donors (Lipinski definition) is 0. The van der Waals surface area contributed by atoms with Crippen molar-refractivity contribution in [1.29, 1.82) is 0 Å². The van der Waals surface area contributed by atoms with Crippen LogP contribution in [0.3, 0.4) is 0 Å². The maximum Gasteiger partial charge on any atom is 0.229 e. The maximum atomic E-state index is 6.26. The van der Waals surface area contributed by atoms with Gasteiger partial charge in [0.15, 0.2) is 0 Å². The molecule has 0 heterocycles. The Hall–Kier alpha value is -1.76. The molecule has 0 aliphatic heterocycles. The Bertz CT molecular complexity index is 751. The summed E-state index contributed by atoms with van der Waals surface area (Å²) in [6.45, 7) is 23.4. The van der Waals surface area contributed by atoms with Crippen LogP contribution in [0.15, 0.2) is 36.9 Å². The second-order valence-corrected chi connectivity index (χ2v) is 12.2. The van der Waals surface area contributed by atoms with Gasteiger partial charge in [0, 0.05) is 24.1 Å². The fraction of sp³-hybridized carbons (Fsp3) is 0.520. The first-order chi connectivity index (χ1) is 12.8. The molecule has 0 spiro atoms. The number of likely N-dealkylation sites (N-methyl/N-ethyl adjacent to an activating group) is 1. The van der Waals surface area contributed by atoms with E-state index >= 15 is 0 Å². The largest absolute Gasteiger partial charge is 0.547 e. The summed E-state index contributed by atoms with van der Waals surface area (Å²) in [5, 5.41) is 0. The monoisotopic (exact) mass is 397 g/mol. The van der Waals surface area contributed by atoms with Crippen molar-refractivity contribution in [3.05, 3.63) is 48.1 Å². The molecule has 0 unspecified atom stereocenters. The third kappa shape index (κ3) is 8.95. The zero-order chi connectivity index (χ0) is 21.5. The molecule has 3 heteroatoms. The van der Waals surface area contributed by atoms with E-state index in [9.17, 15) is 0 Å². The van der Waals surface area contributed by atoms with E-state index in [-0.39, 0.29) is 10.8 Å². The molecular weight excluding hydrogens is 358 g/mol. The quantitative estimate of drug-likeness (QED) is 0.420. The smallest absolute Gasteiger partial charge is 0.229 e. The van der Waals surface area contributed by atoms with Crippen LogP contribution < -0.4 is 4.43 Å². The van der Waals surface area contributed by atoms with E-state index in [0.29, 0.717) is 0 Å². The van der Waals surface area contributed by atoms with Crippen molar-refractivity contribution in [1.82, 2.24) is 4.90 Å². The van der Waals surface area contributed by atoms with Crippen LogP contribution in [-0.4, -0.2) is 34.1 Å². The van der Waals surface area contributed by atoms with Crippen molar-refractivity contribution in [2.75, 3.05) is 20.1 Å². The molecule has 0 saturated heterocycles. The molecule has 154 valence electrons. The summed E-state index contributed by atoms with van der Waals surface area (Å²) >= 11 is 0. The lowest BCUT2D eigenvalue weighted by atomic mass is 9.86. The minimum atomic E-state index is -1.20. The van der Waals surface area contributed by atoms with Crippen LogP contribution in [0.2, 0.25) is 13.1 Å². The molecule has 0 amide bonds. The molecule has 0 N–H and O–H groups in total. The zero-order valence-corrected chi connectivity index (χ0v) is 20.6. The summed E-state index contributed by atoms with van der Waals surface area (Å²) in [5.41, 5.74) is 3.65. The molecule has 1 aromatic carbocycles. The number of benzene rings is 1. The van der Waals surface area contributed by atoms with E-state index in [4.69, 9.17) is 4.43 Å². The van der Waals surface area contributed by atoms with Crippen LogP contribution in [0, 0.1) is 17.3 Å². The predicted octanol–water partition coefficient (Wildman–Crippen LogP) is 5.90. The highest BCUT2D eigenvalue weighted by molar-refractivity contribution is 6.49. The first kappa shape index (κ1) is 24.3. The molecule has 1 rings (SSSR count). The molecule has 0 bridgehead atoms. The molecule has 0 fully saturated rings. The molecule has 1 aromatic rings. The van der Waals surface area contributed by atoms with Gasteiger partial charge in [-0.1, -0.05) is 57.4 Å². The highest BCUT2D eigenvalue weighted by Crippen LogP contribution is 2.32. The van der Waals surface area contributed by atoms with Gasteiger partial charge in [0.2, 0.25) is 9.04 Å². The molecule has 28 heavy (non-hydrogen) atoms. The summed E-state index contributed by atoms with van der Waals surface area (Å²) in [7, 11) is 0.906. The minimum absolute atomic E-state index is 0.0415. The molecule has 0 atom stereocenters. The van der Waals surface area contributed by atoms with Gasteiger partial charge in [0.05, 0.1) is 0 Å². The summed E-state index contributed by atoms with van der Waals surface area (Å²) in [5.74, 6) is 7.33. The van der Waals surface area contributed by atoms with Crippen molar-refractivity contribution in [2.24, 2.45) is 5.41 Å². The molecule has 0 radical (unpaired) electrons. The van der Waals surface area contributed by atoms with E-state index in [1.54, 1.807) is 0 Å². The van der Waals surface area contributed by atoms with Crippen molar-refractivity contribution >= 4 is 14.6 Å². The average molecular weight is 398 g/mol. The zero-order valence-electron chi connectivity index (χ0n) is 19.4. The SMILES string of the molecule is C=C(CN(C)C/C=C/C#CC(C)(C)C)c1ccc(C(C)(C)C)cc1O[SiH](C)C. The summed E-state index contributed by atoms with van der Waals surface area (Å²) < 4.78 is 6.26. The second kappa shape index (κ2) is 10.1. The molecule has 0 saturated carbocycles. The van der Waals surface area contributed by atoms with Gasteiger partial charge in [-0.15, -0.1) is 0 Å². The first-order valence-corrected chi connectivity index (χ1v) is 12.9. The Morgan fingerprint density at radius 2 is 1.82 bits per heavy atom. The Balaban J connectivity index is 2.87. The van der Waals surface area contributed by atoms with Crippen LogP contribution in [-0.2, 0) is 5.41 Å². The van der Waals surface area contributed by atoms with Gasteiger partial charge in [-0.05, 0) is 69.6 Å². The van der Waals surface area contributed by atoms with Gasteiger partial charge < -0.3 is 4.43 Å². The standard InChI is InChI=1S/C25H39NOSi/c1-20(19-26(8)17-13-11-12-16-24(2,3)4)22-15-14-21(25(5,6)7)18-23(22)27-28(9)10/h11,13-15,18,28H,1,17,19H2,2-10H3/b13-11+. The van der Waals surface area contributed by atoms with Gasteiger partial charge in [-0.25, -0.2) is 0 Å². The van der Waals surface area contributed by atoms with Crippen molar-refractivity contribution in [2.45, 2.75) is 60.1 Å². The molecule has 0 aliphatic carbocycles. The Kier molecular flexibility index (Phi) is 8.79. The molecule has 0 aliphatic rings. The Morgan fingerprint density at radius 3 is 2.36 bits per heavy atom. The van der Waals surface area contributed by atoms with Gasteiger partial charge in [-0.3, -0.25) is 4.90 Å². The van der Waals surface area contributed by atoms with Crippen molar-refractivity contribution in [3.8, 4) is 17.6 Å². The van der Waals surface area contributed by atoms with Crippen molar-refractivity contribution in [3.63, 3.8) is 0 Å². The van der Waals surface area contributed by atoms with Crippen LogP contribution in [0.25, 0.3) is 5.57 Å². The lowest BCUT2D eigenvalue weighted by Crippen LogP contribution is -2.21. The van der Waals surface area contributed by atoms with Crippen LogP contribution in [0.4, 0.5) is 0 Å². The third-order valence-corrected chi connectivity index (χ3v) is 4.84. The van der Waals surface area contributed by atoms with Crippen molar-refractivity contribution < 1.29 is 4.43 Å². The number of rotatable bonds is 7. The minimum Gasteiger partial charge on any atom is -0.547 e. The van der Waals surface area contributed by atoms with E-state index in [1.807, 2.05) is 6.08 Å². The number of allylic oxidation sites excluding steroid dienone is 1. The molecule has 2 nitrogen and oxygen atoms in total. The normalized spacial score (nSPS) is 12.4. The van der Waals surface area contributed by atoms with Crippen LogP contribution >= 0.6 is 0 Å². The Morgan fingerprint density at radius 1 is 1.18 bits per heavy atom.